The highest BCUT2D eigenvalue weighted by Crippen LogP contribution is 2.42. The van der Waals surface area contributed by atoms with E-state index >= 15 is 0 Å². The third-order valence-corrected chi connectivity index (χ3v) is 6.85. The standard InChI is InChI=1S/C22H20N2O4S/c1-14-8-11-20(28-3)18(12-14)23-22(25)15-9-10-19-17(13-15)16-6-4-5-7-21(16)29(26,27)24(19)2/h4-13H,1-3H3,(H,23,25). The van der Waals surface area contributed by atoms with Crippen molar-refractivity contribution in [2.45, 2.75) is 11.8 Å². The van der Waals surface area contributed by atoms with Crippen LogP contribution in [0.1, 0.15) is 15.9 Å². The quantitative estimate of drug-likeness (QED) is 0.709. The Morgan fingerprint density at radius 2 is 1.76 bits per heavy atom. The van der Waals surface area contributed by atoms with Crippen molar-refractivity contribution < 1.29 is 17.9 Å². The number of ether oxygens (including phenoxy) is 1. The van der Waals surface area contributed by atoms with Gasteiger partial charge in [-0.3, -0.25) is 9.10 Å². The molecule has 0 saturated heterocycles. The van der Waals surface area contributed by atoms with E-state index in [0.717, 1.165) is 5.56 Å². The van der Waals surface area contributed by atoms with Crippen LogP contribution in [0.3, 0.4) is 0 Å². The number of hydrogen-bond acceptors (Lipinski definition) is 4. The number of fused-ring (bicyclic) bond motifs is 3. The van der Waals surface area contributed by atoms with E-state index in [-0.39, 0.29) is 10.8 Å². The number of carbonyl (C=O) groups excluding carboxylic acids is 1. The van der Waals surface area contributed by atoms with Gasteiger partial charge in [-0.2, -0.15) is 0 Å². The Balaban J connectivity index is 1.77. The number of amides is 1. The van der Waals surface area contributed by atoms with E-state index in [1.54, 1.807) is 55.6 Å². The number of rotatable bonds is 3. The zero-order chi connectivity index (χ0) is 20.8. The highest BCUT2D eigenvalue weighted by Gasteiger charge is 2.32. The minimum absolute atomic E-state index is 0.230. The van der Waals surface area contributed by atoms with Crippen molar-refractivity contribution in [3.8, 4) is 16.9 Å². The molecule has 1 heterocycles. The predicted molar refractivity (Wildman–Crippen MR) is 113 cm³/mol. The molecule has 0 bridgehead atoms. The molecule has 0 spiro atoms. The number of benzene rings is 3. The molecular formula is C22H20N2O4S. The van der Waals surface area contributed by atoms with Gasteiger partial charge in [0.25, 0.3) is 15.9 Å². The monoisotopic (exact) mass is 408 g/mol. The molecule has 1 aliphatic rings. The van der Waals surface area contributed by atoms with Crippen molar-refractivity contribution >= 4 is 27.3 Å². The Morgan fingerprint density at radius 3 is 2.52 bits per heavy atom. The van der Waals surface area contributed by atoms with E-state index < -0.39 is 10.0 Å². The van der Waals surface area contributed by atoms with E-state index in [1.807, 2.05) is 19.1 Å². The highest BCUT2D eigenvalue weighted by atomic mass is 32.2. The van der Waals surface area contributed by atoms with Crippen LogP contribution in [0, 0.1) is 6.92 Å². The minimum Gasteiger partial charge on any atom is -0.495 e. The number of sulfonamides is 1. The summed E-state index contributed by atoms with van der Waals surface area (Å²) in [5.41, 5.74) is 3.82. The van der Waals surface area contributed by atoms with Gasteiger partial charge in [0.05, 0.1) is 23.4 Å². The van der Waals surface area contributed by atoms with Gasteiger partial charge in [-0.15, -0.1) is 0 Å². The second kappa shape index (κ2) is 6.93. The molecule has 0 atom stereocenters. The molecular weight excluding hydrogens is 388 g/mol. The van der Waals surface area contributed by atoms with Crippen molar-refractivity contribution in [1.82, 2.24) is 0 Å². The largest absolute Gasteiger partial charge is 0.495 e. The lowest BCUT2D eigenvalue weighted by atomic mass is 10.00. The fraction of sp³-hybridized carbons (Fsp3) is 0.136. The summed E-state index contributed by atoms with van der Waals surface area (Å²) >= 11 is 0. The fourth-order valence-corrected chi connectivity index (χ4v) is 4.89. The molecule has 0 aromatic heterocycles. The summed E-state index contributed by atoms with van der Waals surface area (Å²) < 4.78 is 32.1. The number of carbonyl (C=O) groups is 1. The summed E-state index contributed by atoms with van der Waals surface area (Å²) in [6.07, 6.45) is 0. The average molecular weight is 408 g/mol. The first-order valence-corrected chi connectivity index (χ1v) is 10.5. The summed E-state index contributed by atoms with van der Waals surface area (Å²) in [6.45, 7) is 1.93. The van der Waals surface area contributed by atoms with Crippen LogP contribution >= 0.6 is 0 Å². The first-order chi connectivity index (χ1) is 13.8. The topological polar surface area (TPSA) is 75.7 Å². The van der Waals surface area contributed by atoms with Gasteiger partial charge < -0.3 is 10.1 Å². The van der Waals surface area contributed by atoms with Gasteiger partial charge in [0, 0.05) is 23.7 Å². The molecule has 3 aromatic rings. The van der Waals surface area contributed by atoms with Gasteiger partial charge in [-0.25, -0.2) is 8.42 Å². The molecule has 1 aliphatic heterocycles. The van der Waals surface area contributed by atoms with Gasteiger partial charge in [0.2, 0.25) is 0 Å². The lowest BCUT2D eigenvalue weighted by Gasteiger charge is -2.29. The third-order valence-electron chi connectivity index (χ3n) is 5.02. The molecule has 29 heavy (non-hydrogen) atoms. The second-order valence-electron chi connectivity index (χ2n) is 6.86. The Bertz CT molecular complexity index is 1240. The van der Waals surface area contributed by atoms with Crippen LogP contribution in [0.5, 0.6) is 5.75 Å². The molecule has 0 radical (unpaired) electrons. The molecule has 1 N–H and O–H groups in total. The van der Waals surface area contributed by atoms with Gasteiger partial charge in [0.1, 0.15) is 5.75 Å². The molecule has 7 heteroatoms. The minimum atomic E-state index is -3.61. The zero-order valence-corrected chi connectivity index (χ0v) is 17.1. The van der Waals surface area contributed by atoms with E-state index in [4.69, 9.17) is 4.74 Å². The molecule has 0 aliphatic carbocycles. The van der Waals surface area contributed by atoms with Crippen molar-refractivity contribution in [2.24, 2.45) is 0 Å². The lowest BCUT2D eigenvalue weighted by Crippen LogP contribution is -2.30. The number of anilines is 2. The van der Waals surface area contributed by atoms with Crippen molar-refractivity contribution in [3.05, 3.63) is 71.8 Å². The summed E-state index contributed by atoms with van der Waals surface area (Å²) in [5.74, 6) is 0.267. The van der Waals surface area contributed by atoms with E-state index in [9.17, 15) is 13.2 Å². The van der Waals surface area contributed by atoms with E-state index in [0.29, 0.717) is 33.8 Å². The number of nitrogens with zero attached hydrogens (tertiary/aromatic N) is 1. The van der Waals surface area contributed by atoms with Crippen LogP contribution in [0.15, 0.2) is 65.6 Å². The molecule has 0 fully saturated rings. The van der Waals surface area contributed by atoms with Crippen molar-refractivity contribution in [2.75, 3.05) is 23.8 Å². The van der Waals surface area contributed by atoms with E-state index in [2.05, 4.69) is 5.32 Å². The van der Waals surface area contributed by atoms with Crippen LogP contribution in [0.4, 0.5) is 11.4 Å². The first-order valence-electron chi connectivity index (χ1n) is 9.01. The summed E-state index contributed by atoms with van der Waals surface area (Å²) in [6, 6.07) is 17.3. The van der Waals surface area contributed by atoms with Gasteiger partial charge in [-0.1, -0.05) is 24.3 Å². The summed E-state index contributed by atoms with van der Waals surface area (Å²) in [7, 11) is -0.550. The fourth-order valence-electron chi connectivity index (χ4n) is 3.47. The van der Waals surface area contributed by atoms with Crippen LogP contribution < -0.4 is 14.4 Å². The lowest BCUT2D eigenvalue weighted by molar-refractivity contribution is 0.102. The molecule has 148 valence electrons. The normalized spacial score (nSPS) is 14.0. The average Bonchev–Trinajstić information content (AvgIpc) is 2.72. The summed E-state index contributed by atoms with van der Waals surface area (Å²) in [4.78, 5) is 13.1. The zero-order valence-electron chi connectivity index (χ0n) is 16.3. The van der Waals surface area contributed by atoms with Crippen LogP contribution in [0.2, 0.25) is 0 Å². The molecule has 6 nitrogen and oxygen atoms in total. The van der Waals surface area contributed by atoms with Crippen molar-refractivity contribution in [1.29, 1.82) is 0 Å². The maximum atomic E-state index is 12.9. The first kappa shape index (κ1) is 19.0. The second-order valence-corrected chi connectivity index (χ2v) is 8.80. The Kier molecular flexibility index (Phi) is 4.55. The third kappa shape index (κ3) is 3.13. The maximum absolute atomic E-state index is 12.9. The van der Waals surface area contributed by atoms with Gasteiger partial charge in [-0.05, 0) is 48.9 Å². The van der Waals surface area contributed by atoms with Crippen LogP contribution in [0.25, 0.3) is 11.1 Å². The molecule has 1 amide bonds. The molecule has 4 rings (SSSR count). The number of nitrogens with one attached hydrogen (secondary N) is 1. The Hall–Kier alpha value is -3.32. The maximum Gasteiger partial charge on any atom is 0.264 e. The highest BCUT2D eigenvalue weighted by molar-refractivity contribution is 7.93. The van der Waals surface area contributed by atoms with Gasteiger partial charge in [0.15, 0.2) is 0 Å². The van der Waals surface area contributed by atoms with Crippen molar-refractivity contribution in [3.63, 3.8) is 0 Å². The predicted octanol–water partition coefficient (Wildman–Crippen LogP) is 4.06. The molecule has 0 saturated carbocycles. The van der Waals surface area contributed by atoms with E-state index in [1.165, 1.54) is 11.4 Å². The SMILES string of the molecule is COc1ccc(C)cc1NC(=O)c1ccc2c(c1)-c1ccccc1S(=O)(=O)N2C. The number of aryl methyl sites for hydroxylation is 1. The molecule has 3 aromatic carbocycles. The number of hydrogen-bond donors (Lipinski definition) is 1. The summed E-state index contributed by atoms with van der Waals surface area (Å²) in [5, 5.41) is 2.88. The number of methoxy groups -OCH3 is 1. The molecule has 0 unspecified atom stereocenters. The Labute approximate surface area is 169 Å². The van der Waals surface area contributed by atoms with Crippen LogP contribution in [-0.2, 0) is 10.0 Å². The Morgan fingerprint density at radius 1 is 1.00 bits per heavy atom. The van der Waals surface area contributed by atoms with Crippen LogP contribution in [-0.4, -0.2) is 28.5 Å². The van der Waals surface area contributed by atoms with Gasteiger partial charge >= 0.3 is 0 Å². The smallest absolute Gasteiger partial charge is 0.264 e.